The van der Waals surface area contributed by atoms with Gasteiger partial charge in [-0.2, -0.15) is 0 Å². The van der Waals surface area contributed by atoms with Gasteiger partial charge < -0.3 is 29.3 Å². The molecule has 2 saturated heterocycles. The molecule has 3 aliphatic rings. The molecule has 39 heavy (non-hydrogen) atoms. The molecule has 5 rings (SSSR count). The quantitative estimate of drug-likeness (QED) is 0.569. The van der Waals surface area contributed by atoms with Gasteiger partial charge in [0.25, 0.3) is 5.91 Å². The summed E-state index contributed by atoms with van der Waals surface area (Å²) in [5.74, 6) is 0.695. The number of amides is 2. The first-order chi connectivity index (χ1) is 18.5. The van der Waals surface area contributed by atoms with Crippen LogP contribution in [-0.4, -0.2) is 89.3 Å². The van der Waals surface area contributed by atoms with Crippen molar-refractivity contribution in [1.29, 1.82) is 0 Å². The Bertz CT molecular complexity index is 1210. The molecule has 1 unspecified atom stereocenters. The largest absolute Gasteiger partial charge is 0.488 e. The van der Waals surface area contributed by atoms with Crippen molar-refractivity contribution in [1.82, 2.24) is 25.1 Å². The van der Waals surface area contributed by atoms with Gasteiger partial charge in [0, 0.05) is 37.3 Å². The molecule has 3 fully saturated rings. The van der Waals surface area contributed by atoms with E-state index < -0.39 is 5.60 Å². The van der Waals surface area contributed by atoms with Gasteiger partial charge >= 0.3 is 6.09 Å². The summed E-state index contributed by atoms with van der Waals surface area (Å²) in [7, 11) is 2.05. The molecule has 210 valence electrons. The summed E-state index contributed by atoms with van der Waals surface area (Å²) in [5, 5.41) is 3.14. The molecule has 2 aliphatic heterocycles. The van der Waals surface area contributed by atoms with Crippen LogP contribution in [-0.2, 0) is 4.74 Å². The highest BCUT2D eigenvalue weighted by Crippen LogP contribution is 2.50. The fourth-order valence-electron chi connectivity index (χ4n) is 5.64. The van der Waals surface area contributed by atoms with Crippen LogP contribution in [0.3, 0.4) is 0 Å². The monoisotopic (exact) mass is 537 g/mol. The first kappa shape index (κ1) is 27.2. The highest BCUT2D eigenvalue weighted by atomic mass is 16.6. The van der Waals surface area contributed by atoms with Crippen LogP contribution in [0.1, 0.15) is 57.4 Å². The van der Waals surface area contributed by atoms with E-state index in [-0.39, 0.29) is 35.3 Å². The van der Waals surface area contributed by atoms with E-state index in [0.29, 0.717) is 37.0 Å². The zero-order valence-corrected chi connectivity index (χ0v) is 23.5. The Balaban J connectivity index is 1.29. The summed E-state index contributed by atoms with van der Waals surface area (Å²) in [6.45, 7) is 11.1. The minimum Gasteiger partial charge on any atom is -0.488 e. The first-order valence-electron chi connectivity index (χ1n) is 13.8. The zero-order valence-electron chi connectivity index (χ0n) is 23.5. The molecule has 10 nitrogen and oxygen atoms in total. The smallest absolute Gasteiger partial charge is 0.410 e. The van der Waals surface area contributed by atoms with E-state index >= 15 is 0 Å². The molecule has 1 spiro atoms. The van der Waals surface area contributed by atoms with E-state index in [1.807, 2.05) is 59.0 Å². The van der Waals surface area contributed by atoms with Gasteiger partial charge in [0.15, 0.2) is 11.4 Å². The molecule has 10 heteroatoms. The maximum atomic E-state index is 13.5. The number of hydrogen-bond acceptors (Lipinski definition) is 8. The van der Waals surface area contributed by atoms with E-state index in [4.69, 9.17) is 19.2 Å². The molecule has 2 aromatic heterocycles. The number of hydrogen-bond donors (Lipinski definition) is 1. The van der Waals surface area contributed by atoms with Gasteiger partial charge in [-0.1, -0.05) is 0 Å². The number of rotatable bonds is 7. The molecule has 0 aromatic carbocycles. The Hall–Kier alpha value is -3.40. The Morgan fingerprint density at radius 2 is 1.95 bits per heavy atom. The van der Waals surface area contributed by atoms with E-state index in [1.165, 1.54) is 0 Å². The van der Waals surface area contributed by atoms with Gasteiger partial charge in [-0.05, 0) is 84.8 Å². The van der Waals surface area contributed by atoms with E-state index in [0.717, 1.165) is 37.9 Å². The van der Waals surface area contributed by atoms with Crippen LogP contribution < -0.4 is 14.8 Å². The van der Waals surface area contributed by atoms with Crippen LogP contribution in [0.4, 0.5) is 4.79 Å². The van der Waals surface area contributed by atoms with Crippen molar-refractivity contribution in [2.45, 2.75) is 64.7 Å². The number of ether oxygens (including phenoxy) is 3. The third-order valence-electron chi connectivity index (χ3n) is 7.45. The predicted molar refractivity (Wildman–Crippen MR) is 146 cm³/mol. The third kappa shape index (κ3) is 6.11. The second kappa shape index (κ2) is 10.6. The molecule has 4 heterocycles. The number of carbonyl (C=O) groups is 2. The van der Waals surface area contributed by atoms with Crippen molar-refractivity contribution in [3.8, 4) is 22.9 Å². The predicted octanol–water partition coefficient (Wildman–Crippen LogP) is 3.75. The summed E-state index contributed by atoms with van der Waals surface area (Å²) in [6, 6.07) is 7.44. The number of nitrogens with one attached hydrogen (secondary N) is 1. The lowest BCUT2D eigenvalue weighted by atomic mass is 9.62. The number of likely N-dealkylation sites (tertiary alicyclic amines) is 2. The minimum absolute atomic E-state index is 0.0417. The normalized spacial score (nSPS) is 20.7. The Morgan fingerprint density at radius 1 is 1.18 bits per heavy atom. The van der Waals surface area contributed by atoms with Gasteiger partial charge in [-0.25, -0.2) is 14.8 Å². The molecular weight excluding hydrogens is 498 g/mol. The fourth-order valence-corrected chi connectivity index (χ4v) is 5.64. The van der Waals surface area contributed by atoms with Crippen LogP contribution in [0.15, 0.2) is 30.5 Å². The summed E-state index contributed by atoms with van der Waals surface area (Å²) in [5.41, 5.74) is 1.14. The standard InChI is InChI=1S/C29H39N5O5/c1-6-37-26-21(8-7-12-30-26)22-9-10-23(24(32-22)25(35)31-19-11-13-33(5)16-19)38-20-14-29(15-20)17-34(18-29)27(36)39-28(2,3)4/h7-10,12,19-20H,6,11,13-18H2,1-5H3,(H,31,35). The Morgan fingerprint density at radius 3 is 2.62 bits per heavy atom. The van der Waals surface area contributed by atoms with Gasteiger partial charge in [-0.3, -0.25) is 4.79 Å². The molecule has 0 bridgehead atoms. The lowest BCUT2D eigenvalue weighted by molar-refractivity contribution is -0.116. The zero-order chi connectivity index (χ0) is 27.8. The van der Waals surface area contributed by atoms with Crippen LogP contribution >= 0.6 is 0 Å². The Labute approximate surface area is 230 Å². The fraction of sp³-hybridized carbons (Fsp3) is 0.586. The topological polar surface area (TPSA) is 106 Å². The number of pyridine rings is 2. The molecular formula is C29H39N5O5. The average molecular weight is 538 g/mol. The van der Waals surface area contributed by atoms with Crippen LogP contribution in [0.5, 0.6) is 11.6 Å². The van der Waals surface area contributed by atoms with E-state index in [1.54, 1.807) is 11.1 Å². The highest BCUT2D eigenvalue weighted by Gasteiger charge is 2.55. The van der Waals surface area contributed by atoms with Crippen molar-refractivity contribution >= 4 is 12.0 Å². The van der Waals surface area contributed by atoms with Crippen molar-refractivity contribution in [3.63, 3.8) is 0 Å². The molecule has 2 aromatic rings. The van der Waals surface area contributed by atoms with Gasteiger partial charge in [0.05, 0.1) is 17.9 Å². The van der Waals surface area contributed by atoms with Crippen molar-refractivity contribution in [2.75, 3.05) is 39.8 Å². The SMILES string of the molecule is CCOc1ncccc1-c1ccc(OC2CC3(C2)CN(C(=O)OC(C)(C)C)C3)c(C(=O)NC2CCN(C)C2)n1. The summed E-state index contributed by atoms with van der Waals surface area (Å²) < 4.78 is 17.5. The van der Waals surface area contributed by atoms with Crippen molar-refractivity contribution in [3.05, 3.63) is 36.2 Å². The Kier molecular flexibility index (Phi) is 7.41. The summed E-state index contributed by atoms with van der Waals surface area (Å²) in [4.78, 5) is 38.8. The van der Waals surface area contributed by atoms with Gasteiger partial charge in [-0.15, -0.1) is 0 Å². The molecule has 1 N–H and O–H groups in total. The minimum atomic E-state index is -0.506. The molecule has 1 saturated carbocycles. The first-order valence-corrected chi connectivity index (χ1v) is 13.8. The van der Waals surface area contributed by atoms with Crippen LogP contribution in [0.2, 0.25) is 0 Å². The molecule has 1 atom stereocenters. The average Bonchev–Trinajstić information content (AvgIpc) is 3.23. The van der Waals surface area contributed by atoms with Gasteiger partial charge in [0.2, 0.25) is 5.88 Å². The summed E-state index contributed by atoms with van der Waals surface area (Å²) in [6.07, 6.45) is 3.90. The highest BCUT2D eigenvalue weighted by molar-refractivity contribution is 5.96. The van der Waals surface area contributed by atoms with Gasteiger partial charge in [0.1, 0.15) is 11.7 Å². The number of aromatic nitrogens is 2. The number of carbonyl (C=O) groups excluding carboxylic acids is 2. The van der Waals surface area contributed by atoms with Crippen molar-refractivity contribution < 1.29 is 23.8 Å². The van der Waals surface area contributed by atoms with Crippen LogP contribution in [0, 0.1) is 5.41 Å². The summed E-state index contributed by atoms with van der Waals surface area (Å²) >= 11 is 0. The maximum absolute atomic E-state index is 13.5. The molecule has 0 radical (unpaired) electrons. The van der Waals surface area contributed by atoms with Crippen LogP contribution in [0.25, 0.3) is 11.3 Å². The van der Waals surface area contributed by atoms with E-state index in [2.05, 4.69) is 15.2 Å². The molecule has 2 amide bonds. The number of likely N-dealkylation sites (N-methyl/N-ethyl adjacent to an activating group) is 1. The maximum Gasteiger partial charge on any atom is 0.410 e. The van der Waals surface area contributed by atoms with Crippen molar-refractivity contribution in [2.24, 2.45) is 5.41 Å². The lowest BCUT2D eigenvalue weighted by Crippen LogP contribution is -2.66. The molecule has 1 aliphatic carbocycles. The second-order valence-electron chi connectivity index (χ2n) is 12.0. The number of nitrogens with zero attached hydrogens (tertiary/aromatic N) is 4. The lowest BCUT2D eigenvalue weighted by Gasteiger charge is -2.58. The third-order valence-corrected chi connectivity index (χ3v) is 7.45. The second-order valence-corrected chi connectivity index (χ2v) is 12.0. The van der Waals surface area contributed by atoms with E-state index in [9.17, 15) is 9.59 Å².